The molecule has 0 spiro atoms. The molecule has 0 bridgehead atoms. The Bertz CT molecular complexity index is 448. The molecule has 0 fully saturated rings. The normalized spacial score (nSPS) is 12.7. The van der Waals surface area contributed by atoms with Crippen molar-refractivity contribution in [1.29, 1.82) is 0 Å². The second-order valence-electron chi connectivity index (χ2n) is 5.58. The smallest absolute Gasteiger partial charge is 0.137 e. The summed E-state index contributed by atoms with van der Waals surface area (Å²) < 4.78 is 13.5. The van der Waals surface area contributed by atoms with Gasteiger partial charge >= 0.3 is 0 Å². The van der Waals surface area contributed by atoms with E-state index in [-0.39, 0.29) is 11.6 Å². The highest BCUT2D eigenvalue weighted by molar-refractivity contribution is 9.10. The number of hydrogen-bond donors (Lipinski definition) is 1. The molecule has 0 amide bonds. The maximum absolute atomic E-state index is 13.1. The number of Topliss-reactive ketones (excluding diaryl/α,β-unsaturated/α-hetero) is 1. The molecule has 112 valence electrons. The van der Waals surface area contributed by atoms with Crippen LogP contribution < -0.4 is 5.73 Å². The lowest BCUT2D eigenvalue weighted by Gasteiger charge is -2.19. The molecule has 0 aliphatic carbocycles. The zero-order chi connectivity index (χ0) is 15.1. The number of nitrogens with two attached hydrogens (primary N) is 1. The first-order valence-corrected chi connectivity index (χ1v) is 7.89. The molecule has 0 aliphatic heterocycles. The van der Waals surface area contributed by atoms with Crippen molar-refractivity contribution in [2.24, 2.45) is 17.6 Å². The lowest BCUT2D eigenvalue weighted by Crippen LogP contribution is -2.16. The Morgan fingerprint density at radius 3 is 2.60 bits per heavy atom. The van der Waals surface area contributed by atoms with Crippen LogP contribution in [0.15, 0.2) is 22.7 Å². The predicted octanol–water partition coefficient (Wildman–Crippen LogP) is 4.10. The van der Waals surface area contributed by atoms with E-state index in [4.69, 9.17) is 5.73 Å². The summed E-state index contributed by atoms with van der Waals surface area (Å²) in [5.41, 5.74) is 6.45. The van der Waals surface area contributed by atoms with Crippen LogP contribution in [0.4, 0.5) is 4.39 Å². The number of rotatable bonds is 8. The van der Waals surface area contributed by atoms with Crippen molar-refractivity contribution in [1.82, 2.24) is 0 Å². The van der Waals surface area contributed by atoms with Gasteiger partial charge in [0, 0.05) is 12.8 Å². The zero-order valence-electron chi connectivity index (χ0n) is 12.2. The molecule has 1 aromatic carbocycles. The van der Waals surface area contributed by atoms with Gasteiger partial charge in [-0.3, -0.25) is 4.79 Å². The molecular weight excluding hydrogens is 321 g/mol. The number of carbonyl (C=O) groups excluding carboxylic acids is 1. The highest BCUT2D eigenvalue weighted by Crippen LogP contribution is 2.22. The largest absolute Gasteiger partial charge is 0.330 e. The van der Waals surface area contributed by atoms with Gasteiger partial charge in [-0.25, -0.2) is 4.39 Å². The van der Waals surface area contributed by atoms with E-state index in [2.05, 4.69) is 29.8 Å². The number of ketones is 1. The summed E-state index contributed by atoms with van der Waals surface area (Å²) in [4.78, 5) is 12.0. The summed E-state index contributed by atoms with van der Waals surface area (Å²) >= 11 is 3.14. The standard InChI is InChI=1S/C16H23BrFNO/c1-11(2)13(7-8-19)4-5-14(20)9-12-3-6-16(18)15(17)10-12/h3,6,10-11,13H,4-5,7-9,19H2,1-2H3. The summed E-state index contributed by atoms with van der Waals surface area (Å²) in [6.07, 6.45) is 2.78. The Kier molecular flexibility index (Phi) is 7.38. The highest BCUT2D eigenvalue weighted by atomic mass is 79.9. The van der Waals surface area contributed by atoms with Crippen LogP contribution in [0.3, 0.4) is 0 Å². The molecule has 4 heteroatoms. The van der Waals surface area contributed by atoms with E-state index < -0.39 is 0 Å². The molecule has 1 unspecified atom stereocenters. The number of halogens is 2. The van der Waals surface area contributed by atoms with Gasteiger partial charge in [0.1, 0.15) is 11.6 Å². The molecule has 0 aromatic heterocycles. The number of hydrogen-bond acceptors (Lipinski definition) is 2. The topological polar surface area (TPSA) is 43.1 Å². The summed E-state index contributed by atoms with van der Waals surface area (Å²) in [6.45, 7) is 5.01. The molecule has 0 radical (unpaired) electrons. The molecule has 2 nitrogen and oxygen atoms in total. The molecule has 20 heavy (non-hydrogen) atoms. The SMILES string of the molecule is CC(C)C(CCN)CCC(=O)Cc1ccc(F)c(Br)c1. The fraction of sp³-hybridized carbons (Fsp3) is 0.562. The van der Waals surface area contributed by atoms with Crippen molar-refractivity contribution < 1.29 is 9.18 Å². The quantitative estimate of drug-likeness (QED) is 0.772. The number of carbonyl (C=O) groups is 1. The van der Waals surface area contributed by atoms with Gasteiger partial charge in [-0.15, -0.1) is 0 Å². The van der Waals surface area contributed by atoms with Crippen LogP contribution in [0.1, 0.15) is 38.7 Å². The molecule has 0 saturated heterocycles. The van der Waals surface area contributed by atoms with Gasteiger partial charge in [0.15, 0.2) is 0 Å². The third-order valence-electron chi connectivity index (χ3n) is 3.66. The summed E-state index contributed by atoms with van der Waals surface area (Å²) in [7, 11) is 0. The highest BCUT2D eigenvalue weighted by Gasteiger charge is 2.15. The van der Waals surface area contributed by atoms with Crippen molar-refractivity contribution >= 4 is 21.7 Å². The van der Waals surface area contributed by atoms with E-state index in [0.29, 0.717) is 35.7 Å². The molecule has 0 saturated carbocycles. The first-order valence-electron chi connectivity index (χ1n) is 7.09. The van der Waals surface area contributed by atoms with Gasteiger partial charge in [-0.2, -0.15) is 0 Å². The van der Waals surface area contributed by atoms with Crippen LogP contribution >= 0.6 is 15.9 Å². The van der Waals surface area contributed by atoms with Crippen molar-refractivity contribution in [3.63, 3.8) is 0 Å². The lowest BCUT2D eigenvalue weighted by molar-refractivity contribution is -0.118. The van der Waals surface area contributed by atoms with E-state index in [0.717, 1.165) is 18.4 Å². The van der Waals surface area contributed by atoms with E-state index in [1.807, 2.05) is 0 Å². The first-order chi connectivity index (χ1) is 9.43. The molecule has 0 heterocycles. The zero-order valence-corrected chi connectivity index (χ0v) is 13.7. The van der Waals surface area contributed by atoms with Crippen LogP contribution in [0, 0.1) is 17.7 Å². The molecule has 2 N–H and O–H groups in total. The van der Waals surface area contributed by atoms with Crippen molar-refractivity contribution in [2.45, 2.75) is 39.5 Å². The fourth-order valence-electron chi connectivity index (χ4n) is 2.34. The molecule has 1 rings (SSSR count). The average molecular weight is 344 g/mol. The maximum atomic E-state index is 13.1. The second kappa shape index (κ2) is 8.53. The van der Waals surface area contributed by atoms with E-state index in [9.17, 15) is 9.18 Å². The third kappa shape index (κ3) is 5.71. The first kappa shape index (κ1) is 17.3. The second-order valence-corrected chi connectivity index (χ2v) is 6.44. The fourth-order valence-corrected chi connectivity index (χ4v) is 2.76. The van der Waals surface area contributed by atoms with Crippen LogP contribution in [0.5, 0.6) is 0 Å². The van der Waals surface area contributed by atoms with Crippen LogP contribution in [-0.4, -0.2) is 12.3 Å². The van der Waals surface area contributed by atoms with Crippen molar-refractivity contribution in [3.8, 4) is 0 Å². The minimum atomic E-state index is -0.302. The Hall–Kier alpha value is -0.740. The summed E-state index contributed by atoms with van der Waals surface area (Å²) in [5, 5.41) is 0. The van der Waals surface area contributed by atoms with Crippen molar-refractivity contribution in [2.75, 3.05) is 6.54 Å². The monoisotopic (exact) mass is 343 g/mol. The summed E-state index contributed by atoms with van der Waals surface area (Å²) in [5.74, 6) is 0.949. The summed E-state index contributed by atoms with van der Waals surface area (Å²) in [6, 6.07) is 4.73. The third-order valence-corrected chi connectivity index (χ3v) is 4.27. The predicted molar refractivity (Wildman–Crippen MR) is 84.0 cm³/mol. The lowest BCUT2D eigenvalue weighted by atomic mass is 9.87. The van der Waals surface area contributed by atoms with Crippen LogP contribution in [-0.2, 0) is 11.2 Å². The molecular formula is C16H23BrFNO. The van der Waals surface area contributed by atoms with Crippen LogP contribution in [0.2, 0.25) is 0 Å². The van der Waals surface area contributed by atoms with E-state index in [1.54, 1.807) is 12.1 Å². The molecule has 0 aliphatic rings. The Labute approximate surface area is 129 Å². The minimum Gasteiger partial charge on any atom is -0.330 e. The van der Waals surface area contributed by atoms with Gasteiger partial charge in [-0.05, 0) is 64.8 Å². The van der Waals surface area contributed by atoms with Crippen molar-refractivity contribution in [3.05, 3.63) is 34.1 Å². The van der Waals surface area contributed by atoms with Crippen LogP contribution in [0.25, 0.3) is 0 Å². The van der Waals surface area contributed by atoms with Gasteiger partial charge < -0.3 is 5.73 Å². The molecule has 1 aromatic rings. The Morgan fingerprint density at radius 1 is 1.35 bits per heavy atom. The minimum absolute atomic E-state index is 0.200. The Morgan fingerprint density at radius 2 is 2.05 bits per heavy atom. The Balaban J connectivity index is 2.48. The maximum Gasteiger partial charge on any atom is 0.137 e. The molecule has 1 atom stereocenters. The van der Waals surface area contributed by atoms with Gasteiger partial charge in [0.05, 0.1) is 4.47 Å². The van der Waals surface area contributed by atoms with Gasteiger partial charge in [0.2, 0.25) is 0 Å². The van der Waals surface area contributed by atoms with Gasteiger partial charge in [0.25, 0.3) is 0 Å². The van der Waals surface area contributed by atoms with Gasteiger partial charge in [-0.1, -0.05) is 19.9 Å². The average Bonchev–Trinajstić information content (AvgIpc) is 2.38. The van der Waals surface area contributed by atoms with E-state index >= 15 is 0 Å². The number of benzene rings is 1. The van der Waals surface area contributed by atoms with E-state index in [1.165, 1.54) is 6.07 Å².